The lowest BCUT2D eigenvalue weighted by atomic mass is 10.1. The molecule has 0 saturated heterocycles. The molecule has 1 heterocycles. The van der Waals surface area contributed by atoms with Crippen LogP contribution in [-0.2, 0) is 6.42 Å². The van der Waals surface area contributed by atoms with Crippen LogP contribution in [0.2, 0.25) is 0 Å². The van der Waals surface area contributed by atoms with Gasteiger partial charge in [0.05, 0.1) is 0 Å². The molecule has 5 nitrogen and oxygen atoms in total. The van der Waals surface area contributed by atoms with Crippen molar-refractivity contribution in [1.82, 2.24) is 0 Å². The quantitative estimate of drug-likeness (QED) is 0.555. The van der Waals surface area contributed by atoms with Gasteiger partial charge in [-0.1, -0.05) is 6.07 Å². The average molecular weight is 209 g/mol. The first-order chi connectivity index (χ1) is 7.25. The minimum atomic E-state index is -0.323. The first kappa shape index (κ1) is 9.76. The zero-order valence-corrected chi connectivity index (χ0v) is 8.14. The van der Waals surface area contributed by atoms with E-state index in [2.05, 4.69) is 0 Å². The largest absolute Gasteiger partial charge is 0.486 e. The SMILES string of the molecule is O=[N+]([O-])CCc1ccc2c(c1)OCCO2. The van der Waals surface area contributed by atoms with Crippen LogP contribution in [0.5, 0.6) is 11.5 Å². The summed E-state index contributed by atoms with van der Waals surface area (Å²) in [6, 6.07) is 5.43. The zero-order chi connectivity index (χ0) is 10.7. The summed E-state index contributed by atoms with van der Waals surface area (Å²) in [4.78, 5) is 9.89. The molecule has 1 aliphatic heterocycles. The van der Waals surface area contributed by atoms with Crippen LogP contribution in [0.3, 0.4) is 0 Å². The van der Waals surface area contributed by atoms with Crippen molar-refractivity contribution in [3.63, 3.8) is 0 Å². The highest BCUT2D eigenvalue weighted by atomic mass is 16.6. The van der Waals surface area contributed by atoms with Gasteiger partial charge < -0.3 is 9.47 Å². The highest BCUT2D eigenvalue weighted by molar-refractivity contribution is 5.43. The van der Waals surface area contributed by atoms with E-state index in [-0.39, 0.29) is 11.5 Å². The Hall–Kier alpha value is -1.78. The minimum Gasteiger partial charge on any atom is -0.486 e. The van der Waals surface area contributed by atoms with Crippen LogP contribution in [0.25, 0.3) is 0 Å². The van der Waals surface area contributed by atoms with Gasteiger partial charge in [0.1, 0.15) is 13.2 Å². The molecule has 1 aliphatic rings. The fourth-order valence-corrected chi connectivity index (χ4v) is 1.46. The van der Waals surface area contributed by atoms with E-state index in [1.807, 2.05) is 6.07 Å². The Morgan fingerprint density at radius 2 is 2.00 bits per heavy atom. The second kappa shape index (κ2) is 4.16. The summed E-state index contributed by atoms with van der Waals surface area (Å²) in [6.07, 6.45) is 0.420. The van der Waals surface area contributed by atoms with Crippen molar-refractivity contribution in [1.29, 1.82) is 0 Å². The zero-order valence-electron chi connectivity index (χ0n) is 8.14. The van der Waals surface area contributed by atoms with Gasteiger partial charge in [-0.3, -0.25) is 10.1 Å². The molecular weight excluding hydrogens is 198 g/mol. The maximum Gasteiger partial charge on any atom is 0.207 e. The van der Waals surface area contributed by atoms with Gasteiger partial charge in [-0.25, -0.2) is 0 Å². The monoisotopic (exact) mass is 209 g/mol. The molecule has 0 amide bonds. The summed E-state index contributed by atoms with van der Waals surface area (Å²) < 4.78 is 10.7. The third-order valence-electron chi connectivity index (χ3n) is 2.19. The van der Waals surface area contributed by atoms with Gasteiger partial charge in [0.2, 0.25) is 6.54 Å². The van der Waals surface area contributed by atoms with Crippen LogP contribution in [0.4, 0.5) is 0 Å². The average Bonchev–Trinajstić information content (AvgIpc) is 2.26. The Labute approximate surface area is 86.8 Å². The van der Waals surface area contributed by atoms with Crippen LogP contribution >= 0.6 is 0 Å². The number of nitro groups is 1. The number of ether oxygens (including phenoxy) is 2. The van der Waals surface area contributed by atoms with E-state index in [1.165, 1.54) is 0 Å². The number of fused-ring (bicyclic) bond motifs is 1. The number of nitrogens with zero attached hydrogens (tertiary/aromatic N) is 1. The Bertz CT molecular complexity index is 378. The second-order valence-corrected chi connectivity index (χ2v) is 3.28. The predicted molar refractivity (Wildman–Crippen MR) is 53.0 cm³/mol. The van der Waals surface area contributed by atoms with Gasteiger partial charge in [-0.05, 0) is 17.7 Å². The Morgan fingerprint density at radius 3 is 2.73 bits per heavy atom. The van der Waals surface area contributed by atoms with Gasteiger partial charge in [0.15, 0.2) is 11.5 Å². The van der Waals surface area contributed by atoms with Gasteiger partial charge in [0.25, 0.3) is 0 Å². The van der Waals surface area contributed by atoms with E-state index >= 15 is 0 Å². The lowest BCUT2D eigenvalue weighted by Gasteiger charge is -2.18. The molecule has 1 aromatic rings. The highest BCUT2D eigenvalue weighted by Crippen LogP contribution is 2.30. The lowest BCUT2D eigenvalue weighted by molar-refractivity contribution is -0.479. The third-order valence-corrected chi connectivity index (χ3v) is 2.19. The van der Waals surface area contributed by atoms with E-state index < -0.39 is 0 Å². The van der Waals surface area contributed by atoms with E-state index in [0.29, 0.717) is 31.1 Å². The van der Waals surface area contributed by atoms with Gasteiger partial charge in [-0.2, -0.15) is 0 Å². The highest BCUT2D eigenvalue weighted by Gasteiger charge is 2.12. The summed E-state index contributed by atoms with van der Waals surface area (Å²) in [6.45, 7) is 1.03. The Balaban J connectivity index is 2.10. The van der Waals surface area contributed by atoms with Crippen LogP contribution in [0.15, 0.2) is 18.2 Å². The van der Waals surface area contributed by atoms with Crippen molar-refractivity contribution >= 4 is 0 Å². The second-order valence-electron chi connectivity index (χ2n) is 3.28. The molecule has 0 bridgehead atoms. The van der Waals surface area contributed by atoms with Crippen LogP contribution in [0.1, 0.15) is 5.56 Å². The van der Waals surface area contributed by atoms with Crippen molar-refractivity contribution in [3.8, 4) is 11.5 Å². The fourth-order valence-electron chi connectivity index (χ4n) is 1.46. The first-order valence-corrected chi connectivity index (χ1v) is 4.76. The summed E-state index contributed by atoms with van der Waals surface area (Å²) in [5, 5.41) is 10.2. The summed E-state index contributed by atoms with van der Waals surface area (Å²) >= 11 is 0. The van der Waals surface area contributed by atoms with E-state index in [1.54, 1.807) is 12.1 Å². The molecule has 0 aromatic heterocycles. The molecule has 5 heteroatoms. The molecule has 1 aromatic carbocycles. The molecule has 0 radical (unpaired) electrons. The molecule has 0 fully saturated rings. The number of hydrogen-bond donors (Lipinski definition) is 0. The number of rotatable bonds is 3. The first-order valence-electron chi connectivity index (χ1n) is 4.76. The molecule has 15 heavy (non-hydrogen) atoms. The van der Waals surface area contributed by atoms with E-state index in [4.69, 9.17) is 9.47 Å². The van der Waals surface area contributed by atoms with Crippen molar-refractivity contribution in [2.75, 3.05) is 19.8 Å². The summed E-state index contributed by atoms with van der Waals surface area (Å²) in [5.41, 5.74) is 0.899. The third kappa shape index (κ3) is 2.37. The molecule has 0 aliphatic carbocycles. The molecule has 0 unspecified atom stereocenters. The molecule has 0 spiro atoms. The molecule has 80 valence electrons. The maximum atomic E-state index is 10.2. The molecular formula is C10H11NO4. The van der Waals surface area contributed by atoms with Crippen molar-refractivity contribution < 1.29 is 14.4 Å². The Kier molecular flexibility index (Phi) is 2.71. The van der Waals surface area contributed by atoms with Crippen molar-refractivity contribution in [2.45, 2.75) is 6.42 Å². The smallest absolute Gasteiger partial charge is 0.207 e. The van der Waals surface area contributed by atoms with Gasteiger partial charge in [-0.15, -0.1) is 0 Å². The molecule has 2 rings (SSSR count). The van der Waals surface area contributed by atoms with Gasteiger partial charge >= 0.3 is 0 Å². The van der Waals surface area contributed by atoms with Gasteiger partial charge in [0, 0.05) is 11.3 Å². The number of benzene rings is 1. The lowest BCUT2D eigenvalue weighted by Crippen LogP contribution is -2.15. The normalized spacial score (nSPS) is 13.6. The predicted octanol–water partition coefficient (Wildman–Crippen LogP) is 1.28. The molecule has 0 atom stereocenters. The van der Waals surface area contributed by atoms with Crippen LogP contribution < -0.4 is 9.47 Å². The van der Waals surface area contributed by atoms with Crippen molar-refractivity contribution in [2.24, 2.45) is 0 Å². The number of hydrogen-bond acceptors (Lipinski definition) is 4. The van der Waals surface area contributed by atoms with Crippen LogP contribution in [0, 0.1) is 10.1 Å². The van der Waals surface area contributed by atoms with Crippen LogP contribution in [-0.4, -0.2) is 24.7 Å². The fraction of sp³-hybridized carbons (Fsp3) is 0.400. The molecule has 0 saturated carbocycles. The van der Waals surface area contributed by atoms with Crippen molar-refractivity contribution in [3.05, 3.63) is 33.9 Å². The Morgan fingerprint density at radius 1 is 1.27 bits per heavy atom. The minimum absolute atomic E-state index is 0.0559. The topological polar surface area (TPSA) is 61.6 Å². The van der Waals surface area contributed by atoms with E-state index in [0.717, 1.165) is 5.56 Å². The maximum absolute atomic E-state index is 10.2. The molecule has 0 N–H and O–H groups in total. The van der Waals surface area contributed by atoms with E-state index in [9.17, 15) is 10.1 Å². The summed E-state index contributed by atoms with van der Waals surface area (Å²) in [5.74, 6) is 1.40. The summed E-state index contributed by atoms with van der Waals surface area (Å²) in [7, 11) is 0. The standard InChI is InChI=1S/C10H11NO4/c12-11(13)4-3-8-1-2-9-10(7-8)15-6-5-14-9/h1-2,7H,3-6H2.